The molecule has 3 heterocycles. The van der Waals surface area contributed by atoms with Gasteiger partial charge in [-0.2, -0.15) is 0 Å². The summed E-state index contributed by atoms with van der Waals surface area (Å²) in [5, 5.41) is 0. The standard InChI is InChI=1S/C19H29N3O/c1-21-10-8-17(13-23-18-7-2-3-9-20-18)11-19(21)14-22(15-19)12-16-5-4-6-16/h2-3,7,9,16-17H,4-6,8,10-15H2,1H3. The van der Waals surface area contributed by atoms with Crippen molar-refractivity contribution in [1.29, 1.82) is 0 Å². The number of likely N-dealkylation sites (tertiary alicyclic amines) is 2. The third-order valence-corrected chi connectivity index (χ3v) is 6.23. The van der Waals surface area contributed by atoms with E-state index in [9.17, 15) is 0 Å². The molecule has 4 nitrogen and oxygen atoms in total. The van der Waals surface area contributed by atoms with E-state index in [1.807, 2.05) is 18.2 Å². The summed E-state index contributed by atoms with van der Waals surface area (Å²) in [4.78, 5) is 9.56. The number of pyridine rings is 1. The molecule has 126 valence electrons. The Morgan fingerprint density at radius 1 is 1.22 bits per heavy atom. The number of piperidine rings is 1. The van der Waals surface area contributed by atoms with E-state index in [1.54, 1.807) is 6.20 Å². The van der Waals surface area contributed by atoms with Gasteiger partial charge in [-0.25, -0.2) is 4.98 Å². The normalized spacial score (nSPS) is 28.3. The van der Waals surface area contributed by atoms with E-state index in [1.165, 1.54) is 58.3 Å². The molecule has 1 spiro atoms. The van der Waals surface area contributed by atoms with Gasteiger partial charge in [0.2, 0.25) is 5.88 Å². The number of hydrogen-bond acceptors (Lipinski definition) is 4. The minimum atomic E-state index is 0.417. The van der Waals surface area contributed by atoms with Crippen LogP contribution in [0.2, 0.25) is 0 Å². The third kappa shape index (κ3) is 3.24. The third-order valence-electron chi connectivity index (χ3n) is 6.23. The van der Waals surface area contributed by atoms with Gasteiger partial charge in [0, 0.05) is 37.4 Å². The predicted molar refractivity (Wildman–Crippen MR) is 91.6 cm³/mol. The largest absolute Gasteiger partial charge is 0.477 e. The van der Waals surface area contributed by atoms with E-state index in [0.717, 1.165) is 18.4 Å². The molecule has 1 unspecified atom stereocenters. The minimum Gasteiger partial charge on any atom is -0.477 e. The summed E-state index contributed by atoms with van der Waals surface area (Å²) in [5.74, 6) is 2.42. The van der Waals surface area contributed by atoms with E-state index < -0.39 is 0 Å². The Morgan fingerprint density at radius 2 is 2.09 bits per heavy atom. The van der Waals surface area contributed by atoms with Crippen LogP contribution in [-0.4, -0.2) is 60.2 Å². The number of ether oxygens (including phenoxy) is 1. The maximum absolute atomic E-state index is 5.92. The van der Waals surface area contributed by atoms with Gasteiger partial charge >= 0.3 is 0 Å². The number of likely N-dealkylation sites (N-methyl/N-ethyl adjacent to an activating group) is 1. The first kappa shape index (κ1) is 15.4. The summed E-state index contributed by atoms with van der Waals surface area (Å²) >= 11 is 0. The van der Waals surface area contributed by atoms with Crippen LogP contribution in [-0.2, 0) is 0 Å². The van der Waals surface area contributed by atoms with Crippen molar-refractivity contribution in [2.75, 3.05) is 39.8 Å². The van der Waals surface area contributed by atoms with Crippen molar-refractivity contribution >= 4 is 0 Å². The Kier molecular flexibility index (Phi) is 4.29. The van der Waals surface area contributed by atoms with E-state index in [-0.39, 0.29) is 0 Å². The van der Waals surface area contributed by atoms with Crippen LogP contribution in [0.25, 0.3) is 0 Å². The van der Waals surface area contributed by atoms with Gasteiger partial charge in [0.1, 0.15) is 0 Å². The summed E-state index contributed by atoms with van der Waals surface area (Å²) in [6, 6.07) is 5.87. The maximum atomic E-state index is 5.92. The average Bonchev–Trinajstić information content (AvgIpc) is 2.50. The zero-order valence-corrected chi connectivity index (χ0v) is 14.3. The molecule has 3 aliphatic rings. The molecule has 0 aromatic carbocycles. The second kappa shape index (κ2) is 6.40. The molecule has 1 aromatic heterocycles. The van der Waals surface area contributed by atoms with Crippen molar-refractivity contribution in [1.82, 2.24) is 14.8 Å². The Bertz CT molecular complexity index is 511. The second-order valence-corrected chi connectivity index (χ2v) is 7.95. The monoisotopic (exact) mass is 315 g/mol. The molecule has 4 rings (SSSR count). The lowest BCUT2D eigenvalue weighted by Crippen LogP contribution is -2.72. The highest BCUT2D eigenvalue weighted by Crippen LogP contribution is 2.40. The maximum Gasteiger partial charge on any atom is 0.213 e. The van der Waals surface area contributed by atoms with Gasteiger partial charge < -0.3 is 4.74 Å². The summed E-state index contributed by atoms with van der Waals surface area (Å²) < 4.78 is 5.92. The summed E-state index contributed by atoms with van der Waals surface area (Å²) in [5.41, 5.74) is 0.417. The molecule has 23 heavy (non-hydrogen) atoms. The van der Waals surface area contributed by atoms with Crippen molar-refractivity contribution in [2.24, 2.45) is 11.8 Å². The van der Waals surface area contributed by atoms with Gasteiger partial charge in [-0.3, -0.25) is 9.80 Å². The van der Waals surface area contributed by atoms with Crippen LogP contribution < -0.4 is 4.74 Å². The van der Waals surface area contributed by atoms with Gasteiger partial charge in [-0.1, -0.05) is 12.5 Å². The van der Waals surface area contributed by atoms with Gasteiger partial charge in [0.15, 0.2) is 0 Å². The highest BCUT2D eigenvalue weighted by atomic mass is 16.5. The van der Waals surface area contributed by atoms with Crippen molar-refractivity contribution in [2.45, 2.75) is 37.6 Å². The van der Waals surface area contributed by atoms with Gasteiger partial charge in [-0.15, -0.1) is 0 Å². The zero-order valence-electron chi connectivity index (χ0n) is 14.3. The van der Waals surface area contributed by atoms with Gasteiger partial charge in [-0.05, 0) is 57.2 Å². The van der Waals surface area contributed by atoms with Crippen LogP contribution in [0.5, 0.6) is 5.88 Å². The molecule has 0 N–H and O–H groups in total. The summed E-state index contributed by atoms with van der Waals surface area (Å²) in [7, 11) is 2.32. The van der Waals surface area contributed by atoms with E-state index in [0.29, 0.717) is 11.5 Å². The molecule has 1 aliphatic carbocycles. The van der Waals surface area contributed by atoms with E-state index in [2.05, 4.69) is 21.8 Å². The Balaban J connectivity index is 1.28. The van der Waals surface area contributed by atoms with Crippen LogP contribution >= 0.6 is 0 Å². The smallest absolute Gasteiger partial charge is 0.213 e. The molecular formula is C19H29N3O. The fourth-order valence-corrected chi connectivity index (χ4v) is 4.51. The molecule has 1 aromatic rings. The Morgan fingerprint density at radius 3 is 2.78 bits per heavy atom. The highest BCUT2D eigenvalue weighted by molar-refractivity contribution is 5.10. The number of aromatic nitrogens is 1. The SMILES string of the molecule is CN1CCC(COc2ccccn2)CC12CN(CC1CCC1)C2. The molecular weight excluding hydrogens is 286 g/mol. The molecule has 1 saturated carbocycles. The summed E-state index contributed by atoms with van der Waals surface area (Å²) in [6.45, 7) is 5.88. The van der Waals surface area contributed by atoms with Gasteiger partial charge in [0.05, 0.1) is 6.61 Å². The van der Waals surface area contributed by atoms with Gasteiger partial charge in [0.25, 0.3) is 0 Å². The minimum absolute atomic E-state index is 0.417. The van der Waals surface area contributed by atoms with Crippen LogP contribution in [0.4, 0.5) is 0 Å². The molecule has 0 amide bonds. The first-order valence-corrected chi connectivity index (χ1v) is 9.21. The van der Waals surface area contributed by atoms with E-state index >= 15 is 0 Å². The van der Waals surface area contributed by atoms with Crippen molar-refractivity contribution < 1.29 is 4.74 Å². The Hall–Kier alpha value is -1.13. The number of rotatable bonds is 5. The lowest BCUT2D eigenvalue weighted by molar-refractivity contribution is -0.0917. The lowest BCUT2D eigenvalue weighted by atomic mass is 9.74. The highest BCUT2D eigenvalue weighted by Gasteiger charge is 2.49. The predicted octanol–water partition coefficient (Wildman–Crippen LogP) is 2.66. The van der Waals surface area contributed by atoms with Crippen LogP contribution in [0, 0.1) is 11.8 Å². The average molecular weight is 315 g/mol. The summed E-state index contributed by atoms with van der Waals surface area (Å²) in [6.07, 6.45) is 8.69. The van der Waals surface area contributed by atoms with E-state index in [4.69, 9.17) is 4.74 Å². The first-order valence-electron chi connectivity index (χ1n) is 9.21. The first-order chi connectivity index (χ1) is 11.2. The fraction of sp³-hybridized carbons (Fsp3) is 0.737. The number of hydrogen-bond donors (Lipinski definition) is 0. The zero-order chi connectivity index (χ0) is 15.7. The molecule has 0 radical (unpaired) electrons. The number of nitrogens with zero attached hydrogens (tertiary/aromatic N) is 3. The van der Waals surface area contributed by atoms with Crippen molar-refractivity contribution in [3.05, 3.63) is 24.4 Å². The van der Waals surface area contributed by atoms with Crippen molar-refractivity contribution in [3.63, 3.8) is 0 Å². The second-order valence-electron chi connectivity index (χ2n) is 7.95. The quantitative estimate of drug-likeness (QED) is 0.835. The molecule has 4 heteroatoms. The molecule has 2 aliphatic heterocycles. The van der Waals surface area contributed by atoms with Crippen molar-refractivity contribution in [3.8, 4) is 5.88 Å². The fourth-order valence-electron chi connectivity index (χ4n) is 4.51. The Labute approximate surface area is 139 Å². The van der Waals surface area contributed by atoms with Crippen LogP contribution in [0.15, 0.2) is 24.4 Å². The molecule has 2 saturated heterocycles. The lowest BCUT2D eigenvalue weighted by Gasteiger charge is -2.59. The molecule has 3 fully saturated rings. The molecule has 0 bridgehead atoms. The molecule has 1 atom stereocenters. The van der Waals surface area contributed by atoms with Crippen LogP contribution in [0.1, 0.15) is 32.1 Å². The topological polar surface area (TPSA) is 28.6 Å². The van der Waals surface area contributed by atoms with Crippen LogP contribution in [0.3, 0.4) is 0 Å².